The van der Waals surface area contributed by atoms with Gasteiger partial charge in [0.05, 0.1) is 22.6 Å². The van der Waals surface area contributed by atoms with Gasteiger partial charge >= 0.3 is 0 Å². The number of rotatable bonds is 6. The highest BCUT2D eigenvalue weighted by molar-refractivity contribution is 7.93. The third-order valence-electron chi connectivity index (χ3n) is 5.35. The number of anilines is 2. The highest BCUT2D eigenvalue weighted by Gasteiger charge is 2.29. The number of methoxy groups -OCH3 is 1. The van der Waals surface area contributed by atoms with E-state index < -0.39 is 20.0 Å². The van der Waals surface area contributed by atoms with E-state index in [0.29, 0.717) is 36.5 Å². The molecule has 1 N–H and O–H groups in total. The van der Waals surface area contributed by atoms with Crippen LogP contribution in [0.25, 0.3) is 0 Å². The standard InChI is InChI=1S/C23H24N2O5S2/c1-17-5-3-7-22(15-17)31(26,27)24-19-8-13-23-18(16-19)6-4-14-25(23)32(28,29)21-11-9-20(30-2)10-12-21/h3,5,7-13,15-16,24H,4,6,14H2,1-2H3. The minimum Gasteiger partial charge on any atom is -0.497 e. The fourth-order valence-electron chi connectivity index (χ4n) is 3.75. The molecule has 0 unspecified atom stereocenters. The summed E-state index contributed by atoms with van der Waals surface area (Å²) in [5.41, 5.74) is 2.58. The molecule has 7 nitrogen and oxygen atoms in total. The predicted molar refractivity (Wildman–Crippen MR) is 124 cm³/mol. The van der Waals surface area contributed by atoms with Crippen LogP contribution in [0.1, 0.15) is 17.5 Å². The molecule has 9 heteroatoms. The van der Waals surface area contributed by atoms with Crippen LogP contribution in [0.2, 0.25) is 0 Å². The molecule has 1 aliphatic heterocycles. The number of fused-ring (bicyclic) bond motifs is 1. The Labute approximate surface area is 188 Å². The fraction of sp³-hybridized carbons (Fsp3) is 0.217. The van der Waals surface area contributed by atoms with Crippen molar-refractivity contribution in [3.05, 3.63) is 77.9 Å². The summed E-state index contributed by atoms with van der Waals surface area (Å²) in [6, 6.07) is 17.9. The molecule has 0 bridgehead atoms. The van der Waals surface area contributed by atoms with Crippen LogP contribution in [0.15, 0.2) is 76.5 Å². The molecule has 0 atom stereocenters. The molecule has 3 aromatic carbocycles. The average molecular weight is 473 g/mol. The summed E-state index contributed by atoms with van der Waals surface area (Å²) in [6.45, 7) is 2.19. The van der Waals surface area contributed by atoms with Crippen LogP contribution in [-0.4, -0.2) is 30.5 Å². The van der Waals surface area contributed by atoms with Gasteiger partial charge in [0.2, 0.25) is 0 Å². The summed E-state index contributed by atoms with van der Waals surface area (Å²) in [4.78, 5) is 0.356. The molecular weight excluding hydrogens is 448 g/mol. The van der Waals surface area contributed by atoms with Crippen LogP contribution in [0.5, 0.6) is 5.75 Å². The highest BCUT2D eigenvalue weighted by Crippen LogP contribution is 2.34. The van der Waals surface area contributed by atoms with Crippen LogP contribution >= 0.6 is 0 Å². The lowest BCUT2D eigenvalue weighted by atomic mass is 10.0. The molecule has 0 fully saturated rings. The van der Waals surface area contributed by atoms with Gasteiger partial charge in [-0.3, -0.25) is 9.03 Å². The van der Waals surface area contributed by atoms with Gasteiger partial charge in [0.1, 0.15) is 5.75 Å². The Hall–Kier alpha value is -3.04. The minimum atomic E-state index is -3.76. The number of sulfonamides is 2. The van der Waals surface area contributed by atoms with E-state index in [9.17, 15) is 16.8 Å². The topological polar surface area (TPSA) is 92.8 Å². The van der Waals surface area contributed by atoms with E-state index in [2.05, 4.69) is 4.72 Å². The van der Waals surface area contributed by atoms with Crippen molar-refractivity contribution in [1.82, 2.24) is 0 Å². The van der Waals surface area contributed by atoms with Crippen molar-refractivity contribution in [3.63, 3.8) is 0 Å². The van der Waals surface area contributed by atoms with Gasteiger partial charge in [0.15, 0.2) is 0 Å². The van der Waals surface area contributed by atoms with Crippen molar-refractivity contribution in [3.8, 4) is 5.75 Å². The highest BCUT2D eigenvalue weighted by atomic mass is 32.2. The predicted octanol–water partition coefficient (Wildman–Crippen LogP) is 3.95. The second kappa shape index (κ2) is 8.48. The summed E-state index contributed by atoms with van der Waals surface area (Å²) >= 11 is 0. The van der Waals surface area contributed by atoms with E-state index in [0.717, 1.165) is 11.1 Å². The molecule has 0 aliphatic carbocycles. The zero-order valence-corrected chi connectivity index (χ0v) is 19.4. The smallest absolute Gasteiger partial charge is 0.264 e. The van der Waals surface area contributed by atoms with E-state index >= 15 is 0 Å². The Bertz CT molecular complexity index is 1350. The number of nitrogens with one attached hydrogen (secondary N) is 1. The van der Waals surface area contributed by atoms with Crippen molar-refractivity contribution in [1.29, 1.82) is 0 Å². The van der Waals surface area contributed by atoms with E-state index in [-0.39, 0.29) is 9.79 Å². The third kappa shape index (κ3) is 4.31. The molecule has 0 radical (unpaired) electrons. The van der Waals surface area contributed by atoms with E-state index in [1.165, 1.54) is 29.6 Å². The van der Waals surface area contributed by atoms with Gasteiger partial charge in [-0.2, -0.15) is 0 Å². The van der Waals surface area contributed by atoms with Crippen molar-refractivity contribution in [2.45, 2.75) is 29.6 Å². The van der Waals surface area contributed by atoms with E-state index in [1.54, 1.807) is 42.5 Å². The molecule has 4 rings (SSSR count). The number of ether oxygens (including phenoxy) is 1. The summed E-state index contributed by atoms with van der Waals surface area (Å²) < 4.78 is 61.1. The van der Waals surface area contributed by atoms with E-state index in [1.807, 2.05) is 13.0 Å². The largest absolute Gasteiger partial charge is 0.497 e. The van der Waals surface area contributed by atoms with Gasteiger partial charge in [0.25, 0.3) is 20.0 Å². The van der Waals surface area contributed by atoms with Crippen molar-refractivity contribution in [2.24, 2.45) is 0 Å². The van der Waals surface area contributed by atoms with Crippen molar-refractivity contribution in [2.75, 3.05) is 22.7 Å². The molecule has 32 heavy (non-hydrogen) atoms. The monoisotopic (exact) mass is 472 g/mol. The maximum Gasteiger partial charge on any atom is 0.264 e. The first-order chi connectivity index (χ1) is 15.2. The van der Waals surface area contributed by atoms with Crippen molar-refractivity contribution >= 4 is 31.4 Å². The number of nitrogens with zero attached hydrogens (tertiary/aromatic N) is 1. The van der Waals surface area contributed by atoms with Gasteiger partial charge < -0.3 is 4.74 Å². The maximum absolute atomic E-state index is 13.3. The first-order valence-corrected chi connectivity index (χ1v) is 13.0. The van der Waals surface area contributed by atoms with Gasteiger partial charge in [-0.1, -0.05) is 12.1 Å². The summed E-state index contributed by atoms with van der Waals surface area (Å²) in [5, 5.41) is 0. The lowest BCUT2D eigenvalue weighted by Crippen LogP contribution is -2.35. The first-order valence-electron chi connectivity index (χ1n) is 10.1. The summed E-state index contributed by atoms with van der Waals surface area (Å²) in [5.74, 6) is 0.577. The number of hydrogen-bond donors (Lipinski definition) is 1. The van der Waals surface area contributed by atoms with Crippen LogP contribution < -0.4 is 13.8 Å². The van der Waals surface area contributed by atoms with E-state index in [4.69, 9.17) is 4.74 Å². The van der Waals surface area contributed by atoms with Crippen LogP contribution in [0.3, 0.4) is 0 Å². The molecule has 0 aromatic heterocycles. The Morgan fingerprint density at radius 3 is 2.34 bits per heavy atom. The number of benzene rings is 3. The van der Waals surface area contributed by atoms with Gasteiger partial charge in [-0.15, -0.1) is 0 Å². The fourth-order valence-corrected chi connectivity index (χ4v) is 6.44. The molecule has 0 saturated carbocycles. The molecule has 0 saturated heterocycles. The van der Waals surface area contributed by atoms with Crippen LogP contribution in [-0.2, 0) is 26.5 Å². The molecule has 1 heterocycles. The van der Waals surface area contributed by atoms with Gasteiger partial charge in [-0.05, 0) is 85.5 Å². The molecule has 1 aliphatic rings. The van der Waals surface area contributed by atoms with Crippen LogP contribution in [0, 0.1) is 6.92 Å². The first kappa shape index (κ1) is 22.2. The minimum absolute atomic E-state index is 0.176. The maximum atomic E-state index is 13.3. The second-order valence-corrected chi connectivity index (χ2v) is 11.2. The average Bonchev–Trinajstić information content (AvgIpc) is 2.78. The quantitative estimate of drug-likeness (QED) is 0.587. The molecule has 0 amide bonds. The Kier molecular flexibility index (Phi) is 5.87. The Morgan fingerprint density at radius 2 is 1.66 bits per heavy atom. The lowest BCUT2D eigenvalue weighted by molar-refractivity contribution is 0.414. The zero-order chi connectivity index (χ0) is 22.9. The second-order valence-electron chi connectivity index (χ2n) is 7.62. The van der Waals surface area contributed by atoms with Crippen molar-refractivity contribution < 1.29 is 21.6 Å². The molecular formula is C23H24N2O5S2. The number of aryl methyl sites for hydroxylation is 2. The Morgan fingerprint density at radius 1 is 0.906 bits per heavy atom. The van der Waals surface area contributed by atoms with Crippen LogP contribution in [0.4, 0.5) is 11.4 Å². The van der Waals surface area contributed by atoms with Gasteiger partial charge in [-0.25, -0.2) is 16.8 Å². The normalized spacial score (nSPS) is 14.0. The SMILES string of the molecule is COc1ccc(S(=O)(=O)N2CCCc3cc(NS(=O)(=O)c4cccc(C)c4)ccc32)cc1. The molecule has 168 valence electrons. The number of hydrogen-bond acceptors (Lipinski definition) is 5. The molecule has 0 spiro atoms. The Balaban J connectivity index is 1.64. The summed E-state index contributed by atoms with van der Waals surface area (Å²) in [7, 11) is -5.98. The lowest BCUT2D eigenvalue weighted by Gasteiger charge is -2.31. The molecule has 3 aromatic rings. The van der Waals surface area contributed by atoms with Gasteiger partial charge in [0, 0.05) is 12.2 Å². The third-order valence-corrected chi connectivity index (χ3v) is 8.56. The summed E-state index contributed by atoms with van der Waals surface area (Å²) in [6.07, 6.45) is 1.29. The zero-order valence-electron chi connectivity index (χ0n) is 17.8.